The van der Waals surface area contributed by atoms with Gasteiger partial charge in [-0.2, -0.15) is 0 Å². The fraction of sp³-hybridized carbons (Fsp3) is 0.308. The van der Waals surface area contributed by atoms with E-state index in [-0.39, 0.29) is 0 Å². The third kappa shape index (κ3) is 0.955. The number of hydrogen-bond acceptors (Lipinski definition) is 0. The van der Waals surface area contributed by atoms with E-state index in [2.05, 4.69) is 42.3 Å². The maximum atomic E-state index is 2.40. The number of benzene rings is 1. The molecule has 0 saturated heterocycles. The van der Waals surface area contributed by atoms with Crippen molar-refractivity contribution in [1.82, 2.24) is 4.57 Å². The molecule has 1 aromatic carbocycles. The summed E-state index contributed by atoms with van der Waals surface area (Å²) in [6.07, 6.45) is 5.99. The average Bonchev–Trinajstić information content (AvgIpc) is 2.55. The Morgan fingerprint density at radius 1 is 1.21 bits per heavy atom. The Hall–Kier alpha value is -1.24. The molecule has 1 heteroatoms. The van der Waals surface area contributed by atoms with Gasteiger partial charge in [-0.1, -0.05) is 18.2 Å². The number of aromatic nitrogens is 1. The number of para-hydroxylation sites is 1. The van der Waals surface area contributed by atoms with Crippen molar-refractivity contribution in [3.8, 4) is 0 Å². The highest BCUT2D eigenvalue weighted by Gasteiger charge is 2.17. The maximum Gasteiger partial charge on any atom is 0.0482 e. The lowest BCUT2D eigenvalue weighted by Crippen LogP contribution is -2.05. The van der Waals surface area contributed by atoms with Gasteiger partial charge in [-0.05, 0) is 37.3 Å². The Labute approximate surface area is 84.4 Å². The van der Waals surface area contributed by atoms with Crippen LogP contribution in [0.2, 0.25) is 0 Å². The summed E-state index contributed by atoms with van der Waals surface area (Å²) in [6.45, 7) is 0. The number of nitrogens with zero attached hydrogens (tertiary/aromatic N) is 1. The third-order valence-electron chi connectivity index (χ3n) is 3.28. The van der Waals surface area contributed by atoms with Gasteiger partial charge >= 0.3 is 0 Å². The Kier molecular flexibility index (Phi) is 1.66. The lowest BCUT2D eigenvalue weighted by Gasteiger charge is -2.12. The highest BCUT2D eigenvalue weighted by Crippen LogP contribution is 2.30. The first-order valence-corrected chi connectivity index (χ1v) is 5.25. The van der Waals surface area contributed by atoms with Crippen LogP contribution < -0.4 is 0 Å². The molecule has 1 radical (unpaired) electrons. The predicted octanol–water partition coefficient (Wildman–Crippen LogP) is 2.87. The molecule has 1 nitrogen and oxygen atoms in total. The van der Waals surface area contributed by atoms with Crippen LogP contribution in [0.3, 0.4) is 0 Å². The Morgan fingerprint density at radius 3 is 3.00 bits per heavy atom. The average molecular weight is 184 g/mol. The molecule has 0 spiro atoms. The number of fused-ring (bicyclic) bond motifs is 3. The van der Waals surface area contributed by atoms with Crippen molar-refractivity contribution < 1.29 is 0 Å². The molecule has 71 valence electrons. The first kappa shape index (κ1) is 8.10. The summed E-state index contributed by atoms with van der Waals surface area (Å²) in [5.41, 5.74) is 4.47. The molecule has 1 aliphatic rings. The molecule has 3 rings (SSSR count). The smallest absolute Gasteiger partial charge is 0.0482 e. The fourth-order valence-electron chi connectivity index (χ4n) is 2.56. The molecule has 0 N–H and O–H groups in total. The first-order chi connectivity index (χ1) is 6.88. The molecule has 0 amide bonds. The molecule has 1 aromatic heterocycles. The van der Waals surface area contributed by atoms with E-state index in [0.29, 0.717) is 0 Å². The number of rotatable bonds is 0. The van der Waals surface area contributed by atoms with Gasteiger partial charge < -0.3 is 4.57 Å². The van der Waals surface area contributed by atoms with Gasteiger partial charge in [-0.25, -0.2) is 0 Å². The molecule has 0 atom stereocenters. The quantitative estimate of drug-likeness (QED) is 0.593. The first-order valence-electron chi connectivity index (χ1n) is 5.25. The SMILES string of the molecule is Cn1c2c(c3ccccc31)C[CH]CC2. The Balaban J connectivity index is 2.41. The molecule has 1 aliphatic carbocycles. The van der Waals surface area contributed by atoms with Crippen LogP contribution in [0.25, 0.3) is 10.9 Å². The second-order valence-corrected chi connectivity index (χ2v) is 4.03. The maximum absolute atomic E-state index is 2.40. The highest BCUT2D eigenvalue weighted by molar-refractivity contribution is 5.85. The molecule has 0 unspecified atom stereocenters. The van der Waals surface area contributed by atoms with E-state index in [1.807, 2.05) is 0 Å². The summed E-state index contributed by atoms with van der Waals surface area (Å²) < 4.78 is 2.36. The molecule has 14 heavy (non-hydrogen) atoms. The van der Waals surface area contributed by atoms with E-state index in [4.69, 9.17) is 0 Å². The lowest BCUT2D eigenvalue weighted by atomic mass is 9.96. The highest BCUT2D eigenvalue weighted by atomic mass is 14.9. The van der Waals surface area contributed by atoms with E-state index < -0.39 is 0 Å². The minimum atomic E-state index is 1.15. The van der Waals surface area contributed by atoms with Gasteiger partial charge in [0.1, 0.15) is 0 Å². The largest absolute Gasteiger partial charge is 0.347 e. The molecule has 0 fully saturated rings. The van der Waals surface area contributed by atoms with Crippen LogP contribution in [-0.2, 0) is 19.9 Å². The topological polar surface area (TPSA) is 4.93 Å². The van der Waals surface area contributed by atoms with Crippen molar-refractivity contribution in [2.75, 3.05) is 0 Å². The fourth-order valence-corrected chi connectivity index (χ4v) is 2.56. The van der Waals surface area contributed by atoms with Gasteiger partial charge in [0.2, 0.25) is 0 Å². The van der Waals surface area contributed by atoms with Crippen molar-refractivity contribution in [3.05, 3.63) is 41.9 Å². The summed E-state index contributed by atoms with van der Waals surface area (Å²) in [5, 5.41) is 1.45. The van der Waals surface area contributed by atoms with Crippen molar-refractivity contribution in [2.24, 2.45) is 7.05 Å². The van der Waals surface area contributed by atoms with Gasteiger partial charge in [0.25, 0.3) is 0 Å². The van der Waals surface area contributed by atoms with Crippen molar-refractivity contribution in [3.63, 3.8) is 0 Å². The van der Waals surface area contributed by atoms with Gasteiger partial charge in [-0.3, -0.25) is 0 Å². The second-order valence-electron chi connectivity index (χ2n) is 4.03. The summed E-state index contributed by atoms with van der Waals surface area (Å²) >= 11 is 0. The molecule has 0 saturated carbocycles. The zero-order chi connectivity index (χ0) is 9.54. The van der Waals surface area contributed by atoms with Gasteiger partial charge in [-0.15, -0.1) is 0 Å². The summed E-state index contributed by atoms with van der Waals surface area (Å²) in [6, 6.07) is 8.72. The third-order valence-corrected chi connectivity index (χ3v) is 3.28. The van der Waals surface area contributed by atoms with E-state index in [1.54, 1.807) is 5.56 Å². The van der Waals surface area contributed by atoms with E-state index in [1.165, 1.54) is 29.4 Å². The van der Waals surface area contributed by atoms with Gasteiger partial charge in [0.15, 0.2) is 0 Å². The van der Waals surface area contributed by atoms with E-state index >= 15 is 0 Å². The summed E-state index contributed by atoms with van der Waals surface area (Å²) in [7, 11) is 2.19. The summed E-state index contributed by atoms with van der Waals surface area (Å²) in [4.78, 5) is 0. The van der Waals surface area contributed by atoms with Crippen molar-refractivity contribution in [2.45, 2.75) is 19.3 Å². The number of hydrogen-bond donors (Lipinski definition) is 0. The summed E-state index contributed by atoms with van der Waals surface area (Å²) in [5.74, 6) is 0. The molecule has 1 heterocycles. The molecule has 0 aliphatic heterocycles. The zero-order valence-corrected chi connectivity index (χ0v) is 8.46. The minimum absolute atomic E-state index is 1.15. The van der Waals surface area contributed by atoms with E-state index in [0.717, 1.165) is 6.42 Å². The standard InChI is InChI=1S/C13H14N/c1-14-12-8-4-2-6-10(12)11-7-3-5-9-13(11)14/h2-4,6,8H,5,7,9H2,1H3. The van der Waals surface area contributed by atoms with Crippen LogP contribution in [0.4, 0.5) is 0 Å². The van der Waals surface area contributed by atoms with Crippen LogP contribution in [-0.4, -0.2) is 4.57 Å². The van der Waals surface area contributed by atoms with Crippen LogP contribution in [0.1, 0.15) is 17.7 Å². The monoisotopic (exact) mass is 184 g/mol. The predicted molar refractivity (Wildman–Crippen MR) is 59.2 cm³/mol. The molecular formula is C13H14N. The van der Waals surface area contributed by atoms with Crippen LogP contribution in [0.15, 0.2) is 24.3 Å². The molecular weight excluding hydrogens is 170 g/mol. The van der Waals surface area contributed by atoms with Gasteiger partial charge in [0, 0.05) is 23.6 Å². The molecule has 0 bridgehead atoms. The molecule has 2 aromatic rings. The minimum Gasteiger partial charge on any atom is -0.347 e. The Bertz CT molecular complexity index is 479. The second kappa shape index (κ2) is 2.88. The lowest BCUT2D eigenvalue weighted by molar-refractivity contribution is 0.753. The zero-order valence-electron chi connectivity index (χ0n) is 8.46. The number of aryl methyl sites for hydroxylation is 1. The normalized spacial score (nSPS) is 15.8. The van der Waals surface area contributed by atoms with Crippen molar-refractivity contribution >= 4 is 10.9 Å². The van der Waals surface area contributed by atoms with E-state index in [9.17, 15) is 0 Å². The van der Waals surface area contributed by atoms with Crippen LogP contribution in [0.5, 0.6) is 0 Å². The Morgan fingerprint density at radius 2 is 2.07 bits per heavy atom. The van der Waals surface area contributed by atoms with Crippen molar-refractivity contribution in [1.29, 1.82) is 0 Å². The van der Waals surface area contributed by atoms with Crippen LogP contribution >= 0.6 is 0 Å². The van der Waals surface area contributed by atoms with Crippen LogP contribution in [0, 0.1) is 6.42 Å². The van der Waals surface area contributed by atoms with Gasteiger partial charge in [0.05, 0.1) is 0 Å².